The van der Waals surface area contributed by atoms with E-state index in [0.717, 1.165) is 0 Å². The lowest BCUT2D eigenvalue weighted by Crippen LogP contribution is -2.12. The van der Waals surface area contributed by atoms with Crippen LogP contribution in [0.1, 0.15) is 34.7 Å². The Morgan fingerprint density at radius 3 is 2.41 bits per heavy atom. The fraction of sp³-hybridized carbons (Fsp3) is 0.188. The van der Waals surface area contributed by atoms with Crippen LogP contribution in [0.3, 0.4) is 0 Å². The van der Waals surface area contributed by atoms with Crippen molar-refractivity contribution in [1.82, 2.24) is 0 Å². The zero-order valence-corrected chi connectivity index (χ0v) is 12.3. The van der Waals surface area contributed by atoms with Gasteiger partial charge in [-0.15, -0.1) is 0 Å². The van der Waals surface area contributed by atoms with Crippen LogP contribution in [0, 0.1) is 10.1 Å². The van der Waals surface area contributed by atoms with E-state index in [1.165, 1.54) is 42.7 Å². The van der Waals surface area contributed by atoms with Gasteiger partial charge in [-0.2, -0.15) is 0 Å². The highest BCUT2D eigenvalue weighted by Gasteiger charge is 2.24. The summed E-state index contributed by atoms with van der Waals surface area (Å²) in [6.45, 7) is 0. The van der Waals surface area contributed by atoms with Crippen LogP contribution in [0.4, 0.5) is 11.4 Å². The maximum atomic E-state index is 12.1. The van der Waals surface area contributed by atoms with Crippen molar-refractivity contribution < 1.29 is 9.72 Å². The molecule has 5 nitrogen and oxygen atoms in total. The Morgan fingerprint density at radius 1 is 1.18 bits per heavy atom. The molecule has 0 bridgehead atoms. The fourth-order valence-corrected chi connectivity index (χ4v) is 2.47. The molecular weight excluding hydrogens is 304 g/mol. The van der Waals surface area contributed by atoms with Gasteiger partial charge in [-0.05, 0) is 48.6 Å². The minimum absolute atomic E-state index is 0.0524. The molecule has 2 aromatic rings. The number of nitro benzene ring substituents is 1. The van der Waals surface area contributed by atoms with Gasteiger partial charge in [-0.3, -0.25) is 14.9 Å². The van der Waals surface area contributed by atoms with Crippen LogP contribution in [0.2, 0.25) is 5.02 Å². The molecule has 0 aromatic heterocycles. The van der Waals surface area contributed by atoms with Gasteiger partial charge < -0.3 is 5.32 Å². The van der Waals surface area contributed by atoms with Gasteiger partial charge in [-0.25, -0.2) is 0 Å². The molecule has 0 radical (unpaired) electrons. The molecule has 1 amide bonds. The van der Waals surface area contributed by atoms with E-state index in [9.17, 15) is 14.9 Å². The number of amides is 1. The number of halogens is 1. The summed E-state index contributed by atoms with van der Waals surface area (Å²) in [5.41, 5.74) is 2.02. The van der Waals surface area contributed by atoms with Gasteiger partial charge in [0.1, 0.15) is 0 Å². The Morgan fingerprint density at radius 2 is 1.86 bits per heavy atom. The Balaban J connectivity index is 1.74. The van der Waals surface area contributed by atoms with E-state index in [2.05, 4.69) is 5.32 Å². The largest absolute Gasteiger partial charge is 0.321 e. The monoisotopic (exact) mass is 316 g/mol. The molecule has 0 aliphatic heterocycles. The molecule has 0 heterocycles. The molecule has 3 rings (SSSR count). The van der Waals surface area contributed by atoms with Gasteiger partial charge in [0, 0.05) is 17.7 Å². The summed E-state index contributed by atoms with van der Waals surface area (Å²) in [5.74, 6) is 0.243. The SMILES string of the molecule is O=C(Nc1ccc(C2CC2)cc1Cl)c1ccc([N+](=O)[O-])cc1. The average molecular weight is 317 g/mol. The standard InChI is InChI=1S/C16H13ClN2O3/c17-14-9-12(10-1-2-10)5-8-15(14)18-16(20)11-3-6-13(7-4-11)19(21)22/h3-10H,1-2H2,(H,18,20). The van der Waals surface area contributed by atoms with Gasteiger partial charge >= 0.3 is 0 Å². The second-order valence-corrected chi connectivity index (χ2v) is 5.68. The van der Waals surface area contributed by atoms with Crippen LogP contribution in [-0.2, 0) is 0 Å². The average Bonchev–Trinajstić information content (AvgIpc) is 3.34. The Labute approximate surface area is 132 Å². The molecule has 6 heteroatoms. The van der Waals surface area contributed by atoms with Crippen molar-refractivity contribution in [3.8, 4) is 0 Å². The third kappa shape index (κ3) is 3.09. The molecule has 1 saturated carbocycles. The smallest absolute Gasteiger partial charge is 0.269 e. The molecule has 0 spiro atoms. The minimum Gasteiger partial charge on any atom is -0.321 e. The van der Waals surface area contributed by atoms with E-state index in [1.807, 2.05) is 12.1 Å². The van der Waals surface area contributed by atoms with Crippen molar-refractivity contribution in [2.45, 2.75) is 18.8 Å². The van der Waals surface area contributed by atoms with Crippen molar-refractivity contribution in [3.63, 3.8) is 0 Å². The van der Waals surface area contributed by atoms with E-state index < -0.39 is 4.92 Å². The van der Waals surface area contributed by atoms with Crippen molar-refractivity contribution >= 4 is 28.9 Å². The lowest BCUT2D eigenvalue weighted by molar-refractivity contribution is -0.384. The predicted octanol–water partition coefficient (Wildman–Crippen LogP) is 4.38. The number of carbonyl (C=O) groups is 1. The molecule has 1 aliphatic carbocycles. The highest BCUT2D eigenvalue weighted by molar-refractivity contribution is 6.34. The molecule has 0 saturated heterocycles. The fourth-order valence-electron chi connectivity index (χ4n) is 2.23. The molecule has 1 aliphatic rings. The molecular formula is C16H13ClN2O3. The maximum absolute atomic E-state index is 12.1. The lowest BCUT2D eigenvalue weighted by atomic mass is 10.1. The number of nitro groups is 1. The molecule has 22 heavy (non-hydrogen) atoms. The molecule has 0 unspecified atom stereocenters. The highest BCUT2D eigenvalue weighted by Crippen LogP contribution is 2.41. The zero-order chi connectivity index (χ0) is 15.7. The zero-order valence-electron chi connectivity index (χ0n) is 11.6. The topological polar surface area (TPSA) is 72.2 Å². The number of carbonyl (C=O) groups excluding carboxylic acids is 1. The van der Waals surface area contributed by atoms with Crippen LogP contribution in [-0.4, -0.2) is 10.8 Å². The number of nitrogens with one attached hydrogen (secondary N) is 1. The summed E-state index contributed by atoms with van der Waals surface area (Å²) in [5, 5.41) is 13.8. The van der Waals surface area contributed by atoms with Gasteiger partial charge in [-0.1, -0.05) is 17.7 Å². The summed E-state index contributed by atoms with van der Waals surface area (Å²) in [4.78, 5) is 22.2. The van der Waals surface area contributed by atoms with Gasteiger partial charge in [0.2, 0.25) is 0 Å². The number of hydrogen-bond donors (Lipinski definition) is 1. The maximum Gasteiger partial charge on any atom is 0.269 e. The number of non-ortho nitro benzene ring substituents is 1. The first kappa shape index (κ1) is 14.5. The van der Waals surface area contributed by atoms with Crippen molar-refractivity contribution in [3.05, 3.63) is 68.7 Å². The first-order valence-corrected chi connectivity index (χ1v) is 7.27. The normalized spacial score (nSPS) is 13.7. The Hall–Kier alpha value is -2.40. The van der Waals surface area contributed by atoms with Crippen molar-refractivity contribution in [2.75, 3.05) is 5.32 Å². The third-order valence-electron chi connectivity index (χ3n) is 3.63. The number of benzene rings is 2. The van der Waals surface area contributed by atoms with Gasteiger partial charge in [0.15, 0.2) is 0 Å². The summed E-state index contributed by atoms with van der Waals surface area (Å²) >= 11 is 6.20. The Bertz CT molecular complexity index is 740. The number of anilines is 1. The third-order valence-corrected chi connectivity index (χ3v) is 3.94. The van der Waals surface area contributed by atoms with Crippen molar-refractivity contribution in [1.29, 1.82) is 0 Å². The van der Waals surface area contributed by atoms with E-state index in [1.54, 1.807) is 6.07 Å². The summed E-state index contributed by atoms with van der Waals surface area (Å²) in [6.07, 6.45) is 2.37. The number of rotatable bonds is 4. The number of hydrogen-bond acceptors (Lipinski definition) is 3. The minimum atomic E-state index is -0.505. The number of nitrogens with zero attached hydrogens (tertiary/aromatic N) is 1. The van der Waals surface area contributed by atoms with Crippen LogP contribution in [0.5, 0.6) is 0 Å². The van der Waals surface area contributed by atoms with Crippen LogP contribution >= 0.6 is 11.6 Å². The Kier molecular flexibility index (Phi) is 3.81. The van der Waals surface area contributed by atoms with Gasteiger partial charge in [0.05, 0.1) is 15.6 Å². The molecule has 2 aromatic carbocycles. The summed E-state index contributed by atoms with van der Waals surface area (Å²) in [6, 6.07) is 11.1. The molecule has 112 valence electrons. The van der Waals surface area contributed by atoms with E-state index in [-0.39, 0.29) is 11.6 Å². The van der Waals surface area contributed by atoms with Crippen LogP contribution in [0.25, 0.3) is 0 Å². The summed E-state index contributed by atoms with van der Waals surface area (Å²) < 4.78 is 0. The van der Waals surface area contributed by atoms with E-state index in [4.69, 9.17) is 11.6 Å². The van der Waals surface area contributed by atoms with Crippen LogP contribution in [0.15, 0.2) is 42.5 Å². The molecule has 1 N–H and O–H groups in total. The first-order valence-electron chi connectivity index (χ1n) is 6.90. The van der Waals surface area contributed by atoms with E-state index >= 15 is 0 Å². The quantitative estimate of drug-likeness (QED) is 0.672. The van der Waals surface area contributed by atoms with Crippen molar-refractivity contribution in [2.24, 2.45) is 0 Å². The molecule has 0 atom stereocenters. The second-order valence-electron chi connectivity index (χ2n) is 5.27. The predicted molar refractivity (Wildman–Crippen MR) is 84.5 cm³/mol. The van der Waals surface area contributed by atoms with E-state index in [0.29, 0.717) is 22.2 Å². The molecule has 1 fully saturated rings. The first-order chi connectivity index (χ1) is 10.5. The van der Waals surface area contributed by atoms with Crippen LogP contribution < -0.4 is 5.32 Å². The second kappa shape index (κ2) is 5.77. The lowest BCUT2D eigenvalue weighted by Gasteiger charge is -2.09. The summed E-state index contributed by atoms with van der Waals surface area (Å²) in [7, 11) is 0. The van der Waals surface area contributed by atoms with Gasteiger partial charge in [0.25, 0.3) is 11.6 Å². The highest BCUT2D eigenvalue weighted by atomic mass is 35.5.